The minimum atomic E-state index is -0.698. The summed E-state index contributed by atoms with van der Waals surface area (Å²) in [7, 11) is 0. The van der Waals surface area contributed by atoms with Crippen molar-refractivity contribution < 1.29 is 14.7 Å². The van der Waals surface area contributed by atoms with E-state index in [2.05, 4.69) is 22.5 Å². The number of hydrogen-bond donors (Lipinski definition) is 2. The molecule has 0 saturated heterocycles. The molecule has 0 unspecified atom stereocenters. The zero-order chi connectivity index (χ0) is 22.3. The lowest BCUT2D eigenvalue weighted by Crippen LogP contribution is -2.36. The van der Waals surface area contributed by atoms with E-state index in [1.165, 1.54) is 32.1 Å². The summed E-state index contributed by atoms with van der Waals surface area (Å²) >= 11 is 0. The molecule has 2 N–H and O–H groups in total. The smallest absolute Gasteiger partial charge is 0.306 e. The highest BCUT2D eigenvalue weighted by atomic mass is 16.7. The molecule has 0 bridgehead atoms. The highest BCUT2D eigenvalue weighted by Gasteiger charge is 2.45. The van der Waals surface area contributed by atoms with Crippen molar-refractivity contribution in [1.29, 1.82) is 0 Å². The third-order valence-electron chi connectivity index (χ3n) is 7.59. The van der Waals surface area contributed by atoms with Gasteiger partial charge in [0.15, 0.2) is 5.65 Å². The Hall–Kier alpha value is -2.64. The lowest BCUT2D eigenvalue weighted by Gasteiger charge is -2.33. The summed E-state index contributed by atoms with van der Waals surface area (Å²) in [5, 5.41) is 23.4. The standard InChI is InChI=1S/C24H33N5O3/c1-3-29-22-18(14-25-29)21(27-17-7-5-4-6-8-17)20(15(2)26-22)19-13-24(32-28-19)11-9-16(10-12-24)23(30)31/h14,16-17H,3-13H2,1-2H3,(H,26,27)(H,30,31). The van der Waals surface area contributed by atoms with Crippen LogP contribution in [-0.2, 0) is 16.2 Å². The van der Waals surface area contributed by atoms with Crippen LogP contribution in [0.4, 0.5) is 5.69 Å². The number of hydrogen-bond acceptors (Lipinski definition) is 6. The van der Waals surface area contributed by atoms with E-state index in [1.54, 1.807) is 0 Å². The summed E-state index contributed by atoms with van der Waals surface area (Å²) in [6, 6.07) is 0.445. The maximum absolute atomic E-state index is 11.4. The number of pyridine rings is 1. The highest BCUT2D eigenvalue weighted by molar-refractivity contribution is 6.11. The summed E-state index contributed by atoms with van der Waals surface area (Å²) < 4.78 is 1.94. The van der Waals surface area contributed by atoms with E-state index < -0.39 is 5.97 Å². The molecule has 2 aliphatic carbocycles. The molecule has 8 heteroatoms. The molecule has 3 aliphatic rings. The fourth-order valence-electron chi connectivity index (χ4n) is 5.70. The predicted molar refractivity (Wildman–Crippen MR) is 123 cm³/mol. The van der Waals surface area contributed by atoms with E-state index in [9.17, 15) is 9.90 Å². The van der Waals surface area contributed by atoms with Gasteiger partial charge in [0.1, 0.15) is 5.60 Å². The summed E-state index contributed by atoms with van der Waals surface area (Å²) in [5.74, 6) is -0.965. The van der Waals surface area contributed by atoms with Crippen LogP contribution in [0.25, 0.3) is 11.0 Å². The van der Waals surface area contributed by atoms with Gasteiger partial charge in [-0.1, -0.05) is 24.4 Å². The Morgan fingerprint density at radius 3 is 2.69 bits per heavy atom. The van der Waals surface area contributed by atoms with Crippen LogP contribution in [0.5, 0.6) is 0 Å². The Bertz CT molecular complexity index is 1050. The maximum atomic E-state index is 11.4. The number of fused-ring (bicyclic) bond motifs is 1. The molecule has 1 aliphatic heterocycles. The van der Waals surface area contributed by atoms with E-state index in [0.717, 1.165) is 53.1 Å². The Morgan fingerprint density at radius 2 is 2.00 bits per heavy atom. The second-order valence-corrected chi connectivity index (χ2v) is 9.73. The maximum Gasteiger partial charge on any atom is 0.306 e. The minimum Gasteiger partial charge on any atom is -0.481 e. The van der Waals surface area contributed by atoms with Crippen molar-refractivity contribution in [2.24, 2.45) is 11.1 Å². The average molecular weight is 440 g/mol. The Labute approximate surface area is 188 Å². The molecule has 2 aromatic rings. The molecule has 0 aromatic carbocycles. The number of nitrogens with one attached hydrogen (secondary N) is 1. The van der Waals surface area contributed by atoms with E-state index in [-0.39, 0.29) is 11.5 Å². The van der Waals surface area contributed by atoms with Gasteiger partial charge in [0, 0.05) is 24.6 Å². The summed E-state index contributed by atoms with van der Waals surface area (Å²) in [6.07, 6.45) is 11.5. The first kappa shape index (κ1) is 21.2. The first-order valence-electron chi connectivity index (χ1n) is 12.1. The highest BCUT2D eigenvalue weighted by Crippen LogP contribution is 2.43. The molecular formula is C24H33N5O3. The van der Waals surface area contributed by atoms with E-state index in [0.29, 0.717) is 25.3 Å². The Morgan fingerprint density at radius 1 is 1.25 bits per heavy atom. The van der Waals surface area contributed by atoms with Crippen LogP contribution in [-0.4, -0.2) is 43.2 Å². The van der Waals surface area contributed by atoms with Crippen molar-refractivity contribution in [2.45, 2.75) is 96.2 Å². The van der Waals surface area contributed by atoms with Crippen LogP contribution in [0.1, 0.15) is 82.4 Å². The van der Waals surface area contributed by atoms with Gasteiger partial charge in [0.05, 0.1) is 34.6 Å². The number of anilines is 1. The number of aryl methyl sites for hydroxylation is 2. The number of aliphatic carboxylic acids is 1. The largest absolute Gasteiger partial charge is 0.481 e. The number of aromatic nitrogens is 3. The molecule has 32 heavy (non-hydrogen) atoms. The minimum absolute atomic E-state index is 0.267. The first-order valence-corrected chi connectivity index (χ1v) is 12.1. The van der Waals surface area contributed by atoms with Crippen LogP contribution in [0.3, 0.4) is 0 Å². The second kappa shape index (κ2) is 8.37. The van der Waals surface area contributed by atoms with E-state index in [1.807, 2.05) is 17.8 Å². The quantitative estimate of drug-likeness (QED) is 0.704. The summed E-state index contributed by atoms with van der Waals surface area (Å²) in [6.45, 7) is 4.90. The van der Waals surface area contributed by atoms with Crippen molar-refractivity contribution in [3.8, 4) is 0 Å². The number of carboxylic acids is 1. The number of nitrogens with zero attached hydrogens (tertiary/aromatic N) is 4. The molecule has 172 valence electrons. The van der Waals surface area contributed by atoms with Crippen LogP contribution in [0, 0.1) is 12.8 Å². The number of carboxylic acid groups (broad SMARTS) is 1. The summed E-state index contributed by atoms with van der Waals surface area (Å²) in [4.78, 5) is 22.3. The molecule has 3 heterocycles. The van der Waals surface area contributed by atoms with Gasteiger partial charge < -0.3 is 15.3 Å². The molecule has 1 spiro atoms. The fraction of sp³-hybridized carbons (Fsp3) is 0.667. The topological polar surface area (TPSA) is 102 Å². The van der Waals surface area contributed by atoms with Crippen molar-refractivity contribution in [2.75, 3.05) is 5.32 Å². The third-order valence-corrected chi connectivity index (χ3v) is 7.59. The van der Waals surface area contributed by atoms with Crippen molar-refractivity contribution in [3.05, 3.63) is 17.5 Å². The van der Waals surface area contributed by atoms with Crippen LogP contribution in [0.2, 0.25) is 0 Å². The van der Waals surface area contributed by atoms with Gasteiger partial charge in [-0.25, -0.2) is 9.67 Å². The lowest BCUT2D eigenvalue weighted by atomic mass is 9.76. The second-order valence-electron chi connectivity index (χ2n) is 9.73. The van der Waals surface area contributed by atoms with Crippen LogP contribution >= 0.6 is 0 Å². The normalized spacial score (nSPS) is 26.3. The van der Waals surface area contributed by atoms with Gasteiger partial charge >= 0.3 is 5.97 Å². The summed E-state index contributed by atoms with van der Waals surface area (Å²) in [5.41, 5.74) is 4.51. The molecular weight excluding hydrogens is 406 g/mol. The number of rotatable bonds is 5. The molecule has 2 saturated carbocycles. The average Bonchev–Trinajstić information content (AvgIpc) is 3.39. The molecule has 2 fully saturated rings. The van der Waals surface area contributed by atoms with Gasteiger partial charge in [-0.3, -0.25) is 4.79 Å². The molecule has 0 radical (unpaired) electrons. The van der Waals surface area contributed by atoms with Crippen LogP contribution in [0.15, 0.2) is 11.4 Å². The lowest BCUT2D eigenvalue weighted by molar-refractivity contribution is -0.145. The van der Waals surface area contributed by atoms with Crippen molar-refractivity contribution in [3.63, 3.8) is 0 Å². The number of oxime groups is 1. The monoisotopic (exact) mass is 439 g/mol. The molecule has 0 atom stereocenters. The predicted octanol–water partition coefficient (Wildman–Crippen LogP) is 4.64. The molecule has 2 aromatic heterocycles. The van der Waals surface area contributed by atoms with Gasteiger partial charge in [-0.05, 0) is 52.4 Å². The van der Waals surface area contributed by atoms with Gasteiger partial charge in [-0.15, -0.1) is 0 Å². The van der Waals surface area contributed by atoms with Gasteiger partial charge in [0.25, 0.3) is 0 Å². The number of carbonyl (C=O) groups is 1. The van der Waals surface area contributed by atoms with Crippen molar-refractivity contribution in [1.82, 2.24) is 14.8 Å². The Kier molecular flexibility index (Phi) is 5.55. The SMILES string of the molecule is CCn1ncc2c(NC3CCCCC3)c(C3=NOC4(CCC(C(=O)O)CC4)C3)c(C)nc21. The molecule has 0 amide bonds. The van der Waals surface area contributed by atoms with Crippen LogP contribution < -0.4 is 5.32 Å². The van der Waals surface area contributed by atoms with Gasteiger partial charge in [0.2, 0.25) is 0 Å². The molecule has 8 nitrogen and oxygen atoms in total. The zero-order valence-electron chi connectivity index (χ0n) is 19.1. The van der Waals surface area contributed by atoms with E-state index in [4.69, 9.17) is 9.82 Å². The third kappa shape index (κ3) is 3.73. The Balaban J connectivity index is 1.48. The first-order chi connectivity index (χ1) is 15.5. The zero-order valence-corrected chi connectivity index (χ0v) is 19.1. The van der Waals surface area contributed by atoms with Crippen molar-refractivity contribution >= 4 is 28.4 Å². The molecule has 5 rings (SSSR count). The van der Waals surface area contributed by atoms with Gasteiger partial charge in [-0.2, -0.15) is 5.10 Å². The van der Waals surface area contributed by atoms with E-state index >= 15 is 0 Å². The fourth-order valence-corrected chi connectivity index (χ4v) is 5.70.